The molecule has 9 heteroatoms. The van der Waals surface area contributed by atoms with Crippen molar-refractivity contribution in [1.82, 2.24) is 0 Å². The summed E-state index contributed by atoms with van der Waals surface area (Å²) in [5.41, 5.74) is 0. The minimum Gasteiger partial charge on any atom is -0.477 e. The van der Waals surface area contributed by atoms with Gasteiger partial charge in [-0.05, 0) is 96.3 Å². The van der Waals surface area contributed by atoms with Crippen LogP contribution in [0.4, 0.5) is 0 Å². The van der Waals surface area contributed by atoms with Gasteiger partial charge in [0.2, 0.25) is 0 Å². The van der Waals surface area contributed by atoms with E-state index in [2.05, 4.69) is 111 Å². The van der Waals surface area contributed by atoms with E-state index in [1.165, 1.54) is 103 Å². The number of carbonyl (C=O) groups excluding carboxylic acids is 2. The average Bonchev–Trinajstić information content (AvgIpc) is 3.37. The Morgan fingerprint density at radius 3 is 1.15 bits per heavy atom. The average molecular weight is 1040 g/mol. The highest BCUT2D eigenvalue weighted by molar-refractivity contribution is 5.71. The molecule has 0 aliphatic carbocycles. The lowest BCUT2D eigenvalue weighted by Gasteiger charge is -2.25. The van der Waals surface area contributed by atoms with Crippen molar-refractivity contribution >= 4 is 17.9 Å². The van der Waals surface area contributed by atoms with E-state index in [9.17, 15) is 19.5 Å². The van der Waals surface area contributed by atoms with Crippen molar-refractivity contribution < 1.29 is 42.9 Å². The maximum absolute atomic E-state index is 12.9. The number of carboxylic acids is 1. The molecule has 0 heterocycles. The number of carboxylic acid groups (broad SMARTS) is 1. The van der Waals surface area contributed by atoms with Crippen LogP contribution in [0.25, 0.3) is 0 Å². The van der Waals surface area contributed by atoms with Crippen LogP contribution in [0, 0.1) is 0 Å². The summed E-state index contributed by atoms with van der Waals surface area (Å²) in [5.74, 6) is -2.03. The summed E-state index contributed by atoms with van der Waals surface area (Å²) >= 11 is 0. The monoisotopic (exact) mass is 1030 g/mol. The van der Waals surface area contributed by atoms with Gasteiger partial charge in [-0.25, -0.2) is 4.79 Å². The number of likely N-dealkylation sites (N-methyl/N-ethyl adjacent to an activating group) is 1. The standard InChI is InChI=1S/C65H111NO8/c1-6-8-10-12-14-16-18-20-22-24-25-26-27-28-29-30-31-32-33-34-35-36-37-38-39-40-42-44-46-48-50-52-54-56-63(68)74-61(60-73-65(64(69)70)71-58-57-66(3,4)5)59-72-62(67)55-53-51-49-47-45-43-41-23-21-19-17-15-13-11-9-7-2/h8,10,14,16-17,19-20,22-23,25-26,28-29,31-32,41,61,65H,6-7,9,11-13,15,18,21,24,27,30,33-40,42-60H2,1-5H3/p+1/b10-8-,16-14-,19-17-,22-20-,26-25-,29-28-,32-31-,41-23-. The molecule has 0 spiro atoms. The van der Waals surface area contributed by atoms with Gasteiger partial charge in [0.25, 0.3) is 6.29 Å². The lowest BCUT2D eigenvalue weighted by molar-refractivity contribution is -0.870. The van der Waals surface area contributed by atoms with Gasteiger partial charge in [-0.2, -0.15) is 0 Å². The van der Waals surface area contributed by atoms with Gasteiger partial charge < -0.3 is 28.5 Å². The third-order valence-electron chi connectivity index (χ3n) is 12.6. The van der Waals surface area contributed by atoms with Gasteiger partial charge in [0.05, 0.1) is 34.4 Å². The van der Waals surface area contributed by atoms with E-state index in [1.54, 1.807) is 0 Å². The number of rotatable bonds is 54. The fourth-order valence-corrected chi connectivity index (χ4v) is 7.99. The van der Waals surface area contributed by atoms with Gasteiger partial charge in [0.1, 0.15) is 13.2 Å². The molecule has 0 aliphatic heterocycles. The molecule has 0 aromatic heterocycles. The van der Waals surface area contributed by atoms with Crippen molar-refractivity contribution in [2.75, 3.05) is 47.5 Å². The van der Waals surface area contributed by atoms with E-state index < -0.39 is 24.3 Å². The quantitative estimate of drug-likeness (QED) is 0.0211. The number of hydrogen-bond acceptors (Lipinski definition) is 7. The molecule has 2 atom stereocenters. The molecule has 0 aliphatic rings. The second-order valence-corrected chi connectivity index (χ2v) is 20.9. The van der Waals surface area contributed by atoms with Crippen LogP contribution in [-0.4, -0.2) is 87.4 Å². The molecule has 424 valence electrons. The second-order valence-electron chi connectivity index (χ2n) is 20.9. The first kappa shape index (κ1) is 70.2. The van der Waals surface area contributed by atoms with E-state index in [0.29, 0.717) is 17.4 Å². The van der Waals surface area contributed by atoms with Gasteiger partial charge >= 0.3 is 17.9 Å². The molecule has 0 amide bonds. The van der Waals surface area contributed by atoms with Crippen molar-refractivity contribution in [2.45, 2.75) is 251 Å². The summed E-state index contributed by atoms with van der Waals surface area (Å²) in [5, 5.41) is 9.70. The lowest BCUT2D eigenvalue weighted by Crippen LogP contribution is -2.40. The molecular formula is C65H112NO8+. The third kappa shape index (κ3) is 55.9. The first-order valence-electron chi connectivity index (χ1n) is 29.9. The number of hydrogen-bond donors (Lipinski definition) is 1. The van der Waals surface area contributed by atoms with E-state index >= 15 is 0 Å². The first-order valence-corrected chi connectivity index (χ1v) is 29.9. The van der Waals surface area contributed by atoms with Crippen molar-refractivity contribution in [1.29, 1.82) is 0 Å². The van der Waals surface area contributed by atoms with Gasteiger partial charge in [-0.3, -0.25) is 9.59 Å². The highest BCUT2D eigenvalue weighted by Crippen LogP contribution is 2.16. The van der Waals surface area contributed by atoms with E-state index in [1.807, 2.05) is 21.1 Å². The Morgan fingerprint density at radius 2 is 0.770 bits per heavy atom. The van der Waals surface area contributed by atoms with Gasteiger partial charge in [-0.1, -0.05) is 227 Å². The molecule has 0 saturated heterocycles. The number of carbonyl (C=O) groups is 3. The van der Waals surface area contributed by atoms with Gasteiger partial charge in [0.15, 0.2) is 6.10 Å². The van der Waals surface area contributed by atoms with Crippen LogP contribution in [0.5, 0.6) is 0 Å². The molecule has 0 rings (SSSR count). The Labute approximate surface area is 454 Å². The summed E-state index contributed by atoms with van der Waals surface area (Å²) in [6.07, 6.45) is 72.0. The highest BCUT2D eigenvalue weighted by Gasteiger charge is 2.25. The molecule has 0 aromatic rings. The number of ether oxygens (including phenoxy) is 4. The molecule has 0 saturated carbocycles. The fraction of sp³-hybridized carbons (Fsp3) is 0.708. The maximum atomic E-state index is 12.9. The van der Waals surface area contributed by atoms with Crippen LogP contribution >= 0.6 is 0 Å². The normalized spacial score (nSPS) is 13.5. The Kier molecular flexibility index (Phi) is 52.6. The maximum Gasteiger partial charge on any atom is 0.361 e. The SMILES string of the molecule is CC/C=C\C/C=C\C/C=C\C/C=C\C/C=C\C/C=C\CCCCCCCCCCCCCCCCC(=O)OC(COC(=O)CCCCCCC/C=C\C/C=C\CCCCCC)COC(OCC[N+](C)(C)C)C(=O)O. The molecule has 0 aromatic carbocycles. The molecule has 0 radical (unpaired) electrons. The van der Waals surface area contributed by atoms with Crippen molar-refractivity contribution in [2.24, 2.45) is 0 Å². The van der Waals surface area contributed by atoms with Crippen LogP contribution < -0.4 is 0 Å². The Bertz CT molecular complexity index is 1530. The second kappa shape index (κ2) is 55.4. The number of unbranched alkanes of at least 4 members (excludes halogenated alkanes) is 23. The van der Waals surface area contributed by atoms with Gasteiger partial charge in [0, 0.05) is 12.8 Å². The van der Waals surface area contributed by atoms with Crippen LogP contribution in [0.1, 0.15) is 239 Å². The molecule has 2 unspecified atom stereocenters. The predicted molar refractivity (Wildman–Crippen MR) is 313 cm³/mol. The highest BCUT2D eigenvalue weighted by atomic mass is 16.7. The lowest BCUT2D eigenvalue weighted by atomic mass is 10.0. The van der Waals surface area contributed by atoms with Crippen LogP contribution in [0.15, 0.2) is 97.2 Å². The smallest absolute Gasteiger partial charge is 0.361 e. The Hall–Kier alpha value is -3.79. The van der Waals surface area contributed by atoms with Crippen molar-refractivity contribution in [3.05, 3.63) is 97.2 Å². The van der Waals surface area contributed by atoms with Crippen LogP contribution in [0.3, 0.4) is 0 Å². The summed E-state index contributed by atoms with van der Waals surface area (Å²) in [4.78, 5) is 37.4. The van der Waals surface area contributed by atoms with Crippen LogP contribution in [0.2, 0.25) is 0 Å². The summed E-state index contributed by atoms with van der Waals surface area (Å²) in [7, 11) is 5.96. The molecule has 9 nitrogen and oxygen atoms in total. The first-order chi connectivity index (χ1) is 36.1. The van der Waals surface area contributed by atoms with E-state index in [-0.39, 0.29) is 38.6 Å². The number of esters is 2. The summed E-state index contributed by atoms with van der Waals surface area (Å²) in [6, 6.07) is 0. The number of aliphatic carboxylic acids is 1. The van der Waals surface area contributed by atoms with E-state index in [0.717, 1.165) is 103 Å². The van der Waals surface area contributed by atoms with Crippen molar-refractivity contribution in [3.63, 3.8) is 0 Å². The number of nitrogens with zero attached hydrogens (tertiary/aromatic N) is 1. The third-order valence-corrected chi connectivity index (χ3v) is 12.6. The predicted octanol–water partition coefficient (Wildman–Crippen LogP) is 17.7. The number of quaternary nitrogens is 1. The summed E-state index contributed by atoms with van der Waals surface area (Å²) in [6.45, 7) is 4.73. The Morgan fingerprint density at radius 1 is 0.419 bits per heavy atom. The molecule has 0 fully saturated rings. The zero-order valence-electron chi connectivity index (χ0n) is 48.2. The molecule has 74 heavy (non-hydrogen) atoms. The minimum absolute atomic E-state index is 0.182. The zero-order chi connectivity index (χ0) is 54.1. The largest absolute Gasteiger partial charge is 0.477 e. The van der Waals surface area contributed by atoms with Gasteiger partial charge in [-0.15, -0.1) is 0 Å². The molecular weight excluding hydrogens is 923 g/mol. The van der Waals surface area contributed by atoms with Crippen LogP contribution in [-0.2, 0) is 33.3 Å². The molecule has 0 bridgehead atoms. The van der Waals surface area contributed by atoms with Crippen molar-refractivity contribution in [3.8, 4) is 0 Å². The fourth-order valence-electron chi connectivity index (χ4n) is 7.99. The zero-order valence-corrected chi connectivity index (χ0v) is 48.2. The topological polar surface area (TPSA) is 108 Å². The molecule has 1 N–H and O–H groups in total. The Balaban J connectivity index is 4.17. The number of allylic oxidation sites excluding steroid dienone is 16. The summed E-state index contributed by atoms with van der Waals surface area (Å²) < 4.78 is 22.9. The van der Waals surface area contributed by atoms with E-state index in [4.69, 9.17) is 18.9 Å². The minimum atomic E-state index is -1.52.